The van der Waals surface area contributed by atoms with E-state index in [4.69, 9.17) is 0 Å². The second-order valence-corrected chi connectivity index (χ2v) is 9.79. The number of aromatic nitrogens is 1. The second kappa shape index (κ2) is 13.7. The molecule has 1 unspecified atom stereocenters. The number of thioether (sulfide) groups is 1. The topological polar surface area (TPSA) is 100 Å². The number of benzene rings is 3. The van der Waals surface area contributed by atoms with E-state index in [0.717, 1.165) is 10.5 Å². The van der Waals surface area contributed by atoms with Gasteiger partial charge in [0, 0.05) is 34.2 Å². The lowest BCUT2D eigenvalue weighted by Gasteiger charge is -2.16. The summed E-state index contributed by atoms with van der Waals surface area (Å²) in [4.78, 5) is 43.8. The molecule has 7 nitrogen and oxygen atoms in total. The summed E-state index contributed by atoms with van der Waals surface area (Å²) in [5.41, 5.74) is 2.55. The predicted molar refractivity (Wildman–Crippen MR) is 156 cm³/mol. The molecule has 3 aromatic carbocycles. The van der Waals surface area contributed by atoms with Crippen LogP contribution < -0.4 is 16.0 Å². The van der Waals surface area contributed by atoms with Crippen molar-refractivity contribution >= 4 is 46.9 Å². The Hall–Kier alpha value is -4.69. The van der Waals surface area contributed by atoms with Gasteiger partial charge in [-0.15, -0.1) is 11.8 Å². The number of anilines is 2. The minimum absolute atomic E-state index is 0.108. The van der Waals surface area contributed by atoms with Crippen molar-refractivity contribution in [3.63, 3.8) is 0 Å². The number of carbonyl (C=O) groups is 3. The van der Waals surface area contributed by atoms with E-state index in [-0.39, 0.29) is 22.8 Å². The minimum atomic E-state index is -0.465. The fraction of sp³-hybridized carbons (Fsp3) is 0.0968. The fourth-order valence-corrected chi connectivity index (χ4v) is 4.66. The van der Waals surface area contributed by atoms with Crippen LogP contribution in [-0.2, 0) is 9.59 Å². The Balaban J connectivity index is 1.48. The Morgan fingerprint density at radius 2 is 1.51 bits per heavy atom. The molecule has 0 fully saturated rings. The third-order valence-corrected chi connectivity index (χ3v) is 6.98. The lowest BCUT2D eigenvalue weighted by molar-refractivity contribution is -0.116. The molecular formula is C31H28N4O3S. The van der Waals surface area contributed by atoms with Crippen LogP contribution in [0.3, 0.4) is 0 Å². The summed E-state index contributed by atoms with van der Waals surface area (Å²) in [6, 6.07) is 28.8. The summed E-state index contributed by atoms with van der Waals surface area (Å²) in [5.74, 6) is -0.962. The molecule has 3 N–H and O–H groups in total. The van der Waals surface area contributed by atoms with Crippen LogP contribution in [0.5, 0.6) is 0 Å². The first-order valence-corrected chi connectivity index (χ1v) is 13.3. The molecule has 3 amide bonds. The van der Waals surface area contributed by atoms with Crippen molar-refractivity contribution in [2.24, 2.45) is 0 Å². The molecule has 4 aromatic rings. The molecule has 8 heteroatoms. The van der Waals surface area contributed by atoms with E-state index in [1.165, 1.54) is 11.8 Å². The minimum Gasteiger partial charge on any atom is -0.325 e. The molecule has 0 bridgehead atoms. The number of rotatable bonds is 10. The molecule has 0 saturated heterocycles. The fourth-order valence-electron chi connectivity index (χ4n) is 3.65. The number of nitrogens with one attached hydrogen (secondary N) is 3. The Bertz CT molecular complexity index is 1440. The average Bonchev–Trinajstić information content (AvgIpc) is 2.97. The highest BCUT2D eigenvalue weighted by Crippen LogP contribution is 2.28. The molecule has 4 rings (SSSR count). The van der Waals surface area contributed by atoms with Gasteiger partial charge in [-0.1, -0.05) is 61.5 Å². The Morgan fingerprint density at radius 3 is 2.21 bits per heavy atom. The van der Waals surface area contributed by atoms with Gasteiger partial charge in [0.1, 0.15) is 5.70 Å². The number of hydrogen-bond acceptors (Lipinski definition) is 5. The lowest BCUT2D eigenvalue weighted by atomic mass is 10.1. The summed E-state index contributed by atoms with van der Waals surface area (Å²) in [6.07, 6.45) is 5.50. The zero-order valence-corrected chi connectivity index (χ0v) is 22.2. The molecular weight excluding hydrogens is 508 g/mol. The van der Waals surface area contributed by atoms with E-state index >= 15 is 0 Å². The summed E-state index contributed by atoms with van der Waals surface area (Å²) < 4.78 is 0. The average molecular weight is 537 g/mol. The zero-order valence-electron chi connectivity index (χ0n) is 21.3. The summed E-state index contributed by atoms with van der Waals surface area (Å²) in [6.45, 7) is 1.95. The van der Waals surface area contributed by atoms with Gasteiger partial charge >= 0.3 is 0 Å². The lowest BCUT2D eigenvalue weighted by Crippen LogP contribution is -2.30. The molecule has 1 aromatic heterocycles. The number of hydrogen-bond donors (Lipinski definition) is 3. The Kier molecular flexibility index (Phi) is 9.63. The molecule has 0 saturated carbocycles. The van der Waals surface area contributed by atoms with Gasteiger partial charge in [-0.2, -0.15) is 0 Å². The first-order chi connectivity index (χ1) is 19.0. The summed E-state index contributed by atoms with van der Waals surface area (Å²) in [7, 11) is 0. The molecule has 1 atom stereocenters. The first-order valence-electron chi connectivity index (χ1n) is 12.4. The number of amides is 3. The van der Waals surface area contributed by atoms with Gasteiger partial charge in [0.05, 0.1) is 5.25 Å². The van der Waals surface area contributed by atoms with Gasteiger partial charge in [-0.3, -0.25) is 19.4 Å². The van der Waals surface area contributed by atoms with Crippen LogP contribution >= 0.6 is 11.8 Å². The normalized spacial score (nSPS) is 11.8. The van der Waals surface area contributed by atoms with Crippen LogP contribution in [0.2, 0.25) is 0 Å². The smallest absolute Gasteiger partial charge is 0.272 e. The molecule has 0 radical (unpaired) electrons. The van der Waals surface area contributed by atoms with E-state index in [0.29, 0.717) is 23.4 Å². The monoisotopic (exact) mass is 536 g/mol. The van der Waals surface area contributed by atoms with Crippen molar-refractivity contribution in [1.82, 2.24) is 10.3 Å². The van der Waals surface area contributed by atoms with Crippen molar-refractivity contribution in [2.45, 2.75) is 23.5 Å². The zero-order chi connectivity index (χ0) is 27.5. The quantitative estimate of drug-likeness (QED) is 0.171. The second-order valence-electron chi connectivity index (χ2n) is 8.51. The van der Waals surface area contributed by atoms with Crippen molar-refractivity contribution in [2.75, 3.05) is 10.6 Å². The van der Waals surface area contributed by atoms with Crippen molar-refractivity contribution in [1.29, 1.82) is 0 Å². The van der Waals surface area contributed by atoms with E-state index < -0.39 is 5.91 Å². The molecule has 0 aliphatic carbocycles. The van der Waals surface area contributed by atoms with Crippen LogP contribution in [0.15, 0.2) is 120 Å². The van der Waals surface area contributed by atoms with E-state index in [9.17, 15) is 14.4 Å². The van der Waals surface area contributed by atoms with Gasteiger partial charge < -0.3 is 16.0 Å². The largest absolute Gasteiger partial charge is 0.325 e. The first kappa shape index (κ1) is 27.3. The SMILES string of the molecule is CCC(Sc1cccc(NC(=O)/C(=C/c2ccccc2)NC(=O)c2ccccc2)c1)C(=O)Nc1ccncc1. The number of carbonyl (C=O) groups excluding carboxylic acids is 3. The maximum atomic E-state index is 13.3. The van der Waals surface area contributed by atoms with Gasteiger partial charge in [-0.25, -0.2) is 0 Å². The van der Waals surface area contributed by atoms with Crippen molar-refractivity contribution in [3.8, 4) is 0 Å². The van der Waals surface area contributed by atoms with Crippen LogP contribution in [0.25, 0.3) is 6.08 Å². The highest BCUT2D eigenvalue weighted by Gasteiger charge is 2.19. The molecule has 39 heavy (non-hydrogen) atoms. The van der Waals surface area contributed by atoms with Crippen LogP contribution in [0, 0.1) is 0 Å². The molecule has 196 valence electrons. The number of pyridine rings is 1. The standard InChI is InChI=1S/C31H28N4O3S/c1-2-28(31(38)33-24-16-18-32-19-17-24)39-26-15-9-14-25(21-26)34-30(37)27(20-22-10-5-3-6-11-22)35-29(36)23-12-7-4-8-13-23/h3-21,28H,2H2,1H3,(H,34,37)(H,35,36)(H,32,33,38)/b27-20-. The van der Waals surface area contributed by atoms with Crippen LogP contribution in [0.4, 0.5) is 11.4 Å². The van der Waals surface area contributed by atoms with E-state index in [1.807, 2.05) is 61.5 Å². The maximum absolute atomic E-state index is 13.3. The summed E-state index contributed by atoms with van der Waals surface area (Å²) >= 11 is 1.41. The van der Waals surface area contributed by atoms with Gasteiger partial charge in [0.25, 0.3) is 11.8 Å². The third kappa shape index (κ3) is 8.15. The Labute approximate surface area is 231 Å². The third-order valence-electron chi connectivity index (χ3n) is 5.62. The van der Waals surface area contributed by atoms with Gasteiger partial charge in [0.15, 0.2) is 0 Å². The van der Waals surface area contributed by atoms with Crippen LogP contribution in [-0.4, -0.2) is 28.0 Å². The van der Waals surface area contributed by atoms with Crippen LogP contribution in [0.1, 0.15) is 29.3 Å². The van der Waals surface area contributed by atoms with E-state index in [2.05, 4.69) is 20.9 Å². The molecule has 0 spiro atoms. The molecule has 0 aliphatic heterocycles. The van der Waals surface area contributed by atoms with E-state index in [1.54, 1.807) is 60.9 Å². The maximum Gasteiger partial charge on any atom is 0.272 e. The predicted octanol–water partition coefficient (Wildman–Crippen LogP) is 6.00. The highest BCUT2D eigenvalue weighted by atomic mass is 32.2. The number of nitrogens with zero attached hydrogens (tertiary/aromatic N) is 1. The summed E-state index contributed by atoms with van der Waals surface area (Å²) in [5, 5.41) is 8.20. The van der Waals surface area contributed by atoms with Crippen molar-refractivity contribution < 1.29 is 14.4 Å². The van der Waals surface area contributed by atoms with Gasteiger partial charge in [0.2, 0.25) is 5.91 Å². The molecule has 0 aliphatic rings. The highest BCUT2D eigenvalue weighted by molar-refractivity contribution is 8.00. The van der Waals surface area contributed by atoms with Crippen molar-refractivity contribution in [3.05, 3.63) is 126 Å². The van der Waals surface area contributed by atoms with Gasteiger partial charge in [-0.05, 0) is 60.5 Å². The molecule has 1 heterocycles. The Morgan fingerprint density at radius 1 is 0.821 bits per heavy atom.